The minimum atomic E-state index is -0.687. The Morgan fingerprint density at radius 2 is 1.79 bits per heavy atom. The number of nitrogens with zero attached hydrogens (tertiary/aromatic N) is 3. The third-order valence-electron chi connectivity index (χ3n) is 5.51. The highest BCUT2D eigenvalue weighted by atomic mass is 19.1. The molecule has 0 saturated carbocycles. The van der Waals surface area contributed by atoms with Gasteiger partial charge >= 0.3 is 0 Å². The van der Waals surface area contributed by atoms with Crippen LogP contribution in [0.25, 0.3) is 0 Å². The quantitative estimate of drug-likeness (QED) is 0.712. The molecule has 5 nitrogen and oxygen atoms in total. The van der Waals surface area contributed by atoms with Crippen LogP contribution in [0.3, 0.4) is 0 Å². The number of anilines is 1. The Balaban J connectivity index is 1.66. The van der Waals surface area contributed by atoms with Crippen molar-refractivity contribution in [3.63, 3.8) is 0 Å². The van der Waals surface area contributed by atoms with E-state index in [2.05, 4.69) is 15.4 Å². The van der Waals surface area contributed by atoms with Gasteiger partial charge < -0.3 is 5.32 Å². The van der Waals surface area contributed by atoms with Crippen molar-refractivity contribution < 1.29 is 13.6 Å². The summed E-state index contributed by atoms with van der Waals surface area (Å²) in [4.78, 5) is 17.6. The lowest BCUT2D eigenvalue weighted by Crippen LogP contribution is -2.40. The van der Waals surface area contributed by atoms with E-state index >= 15 is 0 Å². The number of hydrogen-bond acceptors (Lipinski definition) is 4. The molecular formula is C22H18F2N4O. The van der Waals surface area contributed by atoms with Crippen molar-refractivity contribution in [2.24, 2.45) is 5.92 Å². The van der Waals surface area contributed by atoms with Gasteiger partial charge in [0.1, 0.15) is 23.2 Å². The number of halogens is 2. The molecule has 3 aromatic rings. The molecule has 5 rings (SSSR count). The summed E-state index contributed by atoms with van der Waals surface area (Å²) < 4.78 is 29.5. The van der Waals surface area contributed by atoms with E-state index in [4.69, 9.17) is 0 Å². The summed E-state index contributed by atoms with van der Waals surface area (Å²) in [6.07, 6.45) is 2.34. The summed E-state index contributed by atoms with van der Waals surface area (Å²) in [5.41, 5.74) is 2.10. The van der Waals surface area contributed by atoms with Gasteiger partial charge in [-0.15, -0.1) is 0 Å². The summed E-state index contributed by atoms with van der Waals surface area (Å²) in [5, 5.41) is 7.61. The smallest absolute Gasteiger partial charge is 0.226 e. The SMILES string of the molecule is Cc1nc2n(n1)[C@@H](c1cc(F)cc(F)c1)[C@@H]1C(=O)C[C@H](c3ccccc3)C=C1N2. The van der Waals surface area contributed by atoms with E-state index in [9.17, 15) is 13.6 Å². The number of nitrogens with one attached hydrogen (secondary N) is 1. The molecule has 1 aliphatic heterocycles. The van der Waals surface area contributed by atoms with Gasteiger partial charge in [0.15, 0.2) is 0 Å². The Labute approximate surface area is 166 Å². The first-order chi connectivity index (χ1) is 14.0. The number of ketones is 1. The number of rotatable bonds is 2. The molecule has 0 spiro atoms. The fourth-order valence-electron chi connectivity index (χ4n) is 4.34. The molecule has 2 aliphatic rings. The Hall–Kier alpha value is -3.35. The van der Waals surface area contributed by atoms with E-state index in [1.165, 1.54) is 12.1 Å². The zero-order valence-electron chi connectivity index (χ0n) is 15.6. The van der Waals surface area contributed by atoms with Crippen LogP contribution in [0, 0.1) is 24.5 Å². The number of carbonyl (C=O) groups is 1. The van der Waals surface area contributed by atoms with Crippen molar-refractivity contribution in [1.82, 2.24) is 14.8 Å². The topological polar surface area (TPSA) is 59.8 Å². The fraction of sp³-hybridized carbons (Fsp3) is 0.227. The molecule has 0 radical (unpaired) electrons. The molecule has 1 N–H and O–H groups in total. The standard InChI is InChI=1S/C22H18F2N4O/c1-12-25-22-26-18-9-14(13-5-3-2-4-6-13)10-19(29)20(18)21(28(22)27-12)15-7-16(23)11-17(24)8-15/h2-9,11,14,20-21H,10H2,1H3,(H,25,26,27)/t14-,20+,21+/m1/s1. The van der Waals surface area contributed by atoms with Crippen molar-refractivity contribution in [3.8, 4) is 0 Å². The van der Waals surface area contributed by atoms with Crippen LogP contribution in [-0.2, 0) is 4.79 Å². The van der Waals surface area contributed by atoms with E-state index < -0.39 is 23.6 Å². The van der Waals surface area contributed by atoms with Gasteiger partial charge in [0.2, 0.25) is 5.95 Å². The Morgan fingerprint density at radius 3 is 2.52 bits per heavy atom. The van der Waals surface area contributed by atoms with Crippen LogP contribution in [0.1, 0.15) is 35.3 Å². The molecular weight excluding hydrogens is 374 g/mol. The fourth-order valence-corrected chi connectivity index (χ4v) is 4.34. The molecule has 2 heterocycles. The number of Topliss-reactive ketones (excluding diaryl/α,β-unsaturated/α-hetero) is 1. The predicted molar refractivity (Wildman–Crippen MR) is 103 cm³/mol. The van der Waals surface area contributed by atoms with Crippen molar-refractivity contribution >= 4 is 11.7 Å². The number of aromatic nitrogens is 3. The first-order valence-electron chi connectivity index (χ1n) is 9.45. The van der Waals surface area contributed by atoms with Gasteiger partial charge in [-0.1, -0.05) is 36.4 Å². The van der Waals surface area contributed by atoms with Crippen LogP contribution < -0.4 is 5.32 Å². The van der Waals surface area contributed by atoms with E-state index in [-0.39, 0.29) is 11.7 Å². The van der Waals surface area contributed by atoms with Crippen molar-refractivity contribution in [3.05, 3.63) is 88.9 Å². The van der Waals surface area contributed by atoms with E-state index in [1.807, 2.05) is 36.4 Å². The Kier molecular flexibility index (Phi) is 4.04. The number of carbonyl (C=O) groups excluding carboxylic acids is 1. The first-order valence-corrected chi connectivity index (χ1v) is 9.45. The molecule has 0 amide bonds. The Bertz CT molecular complexity index is 1120. The zero-order valence-corrected chi connectivity index (χ0v) is 15.6. The maximum Gasteiger partial charge on any atom is 0.226 e. The largest absolute Gasteiger partial charge is 0.328 e. The summed E-state index contributed by atoms with van der Waals surface area (Å²) in [7, 11) is 0. The van der Waals surface area contributed by atoms with Gasteiger partial charge in [0.05, 0.1) is 12.0 Å². The average molecular weight is 392 g/mol. The number of benzene rings is 2. The highest BCUT2D eigenvalue weighted by molar-refractivity contribution is 5.88. The van der Waals surface area contributed by atoms with Gasteiger partial charge in [-0.25, -0.2) is 13.5 Å². The van der Waals surface area contributed by atoms with Gasteiger partial charge in [0, 0.05) is 24.1 Å². The average Bonchev–Trinajstić information content (AvgIpc) is 3.05. The lowest BCUT2D eigenvalue weighted by molar-refractivity contribution is -0.123. The van der Waals surface area contributed by atoms with Gasteiger partial charge in [-0.2, -0.15) is 10.1 Å². The van der Waals surface area contributed by atoms with Crippen LogP contribution in [0.15, 0.2) is 60.3 Å². The van der Waals surface area contributed by atoms with Gasteiger partial charge in [0.25, 0.3) is 0 Å². The predicted octanol–water partition coefficient (Wildman–Crippen LogP) is 4.14. The van der Waals surface area contributed by atoms with E-state index in [0.717, 1.165) is 11.6 Å². The molecule has 3 atom stereocenters. The normalized spacial score (nSPS) is 23.1. The number of hydrogen-bond donors (Lipinski definition) is 1. The van der Waals surface area contributed by atoms with Crippen LogP contribution in [0.5, 0.6) is 0 Å². The zero-order chi connectivity index (χ0) is 20.1. The van der Waals surface area contributed by atoms with Crippen LogP contribution in [-0.4, -0.2) is 20.5 Å². The van der Waals surface area contributed by atoms with Gasteiger partial charge in [-0.05, 0) is 30.2 Å². The number of fused-ring (bicyclic) bond motifs is 2. The van der Waals surface area contributed by atoms with Gasteiger partial charge in [-0.3, -0.25) is 4.79 Å². The number of allylic oxidation sites excluding steroid dienone is 2. The monoisotopic (exact) mass is 392 g/mol. The lowest BCUT2D eigenvalue weighted by atomic mass is 9.75. The summed E-state index contributed by atoms with van der Waals surface area (Å²) in [6, 6.07) is 12.5. The molecule has 0 fully saturated rings. The lowest BCUT2D eigenvalue weighted by Gasteiger charge is -2.38. The second-order valence-corrected chi connectivity index (χ2v) is 7.49. The minimum absolute atomic E-state index is 0.00248. The molecule has 29 heavy (non-hydrogen) atoms. The van der Waals surface area contributed by atoms with Crippen LogP contribution in [0.4, 0.5) is 14.7 Å². The number of aryl methyl sites for hydroxylation is 1. The van der Waals surface area contributed by atoms with Crippen LogP contribution >= 0.6 is 0 Å². The maximum absolute atomic E-state index is 14.0. The van der Waals surface area contributed by atoms with Crippen molar-refractivity contribution in [1.29, 1.82) is 0 Å². The van der Waals surface area contributed by atoms with Crippen LogP contribution in [0.2, 0.25) is 0 Å². The van der Waals surface area contributed by atoms with Crippen molar-refractivity contribution in [2.45, 2.75) is 25.3 Å². The second kappa shape index (κ2) is 6.62. The highest BCUT2D eigenvalue weighted by Gasteiger charge is 2.43. The van der Waals surface area contributed by atoms with Crippen molar-refractivity contribution in [2.75, 3.05) is 5.32 Å². The summed E-state index contributed by atoms with van der Waals surface area (Å²) in [6.45, 7) is 1.74. The summed E-state index contributed by atoms with van der Waals surface area (Å²) >= 11 is 0. The summed E-state index contributed by atoms with van der Waals surface area (Å²) in [5.74, 6) is -1.08. The molecule has 146 valence electrons. The second-order valence-electron chi connectivity index (χ2n) is 7.49. The highest BCUT2D eigenvalue weighted by Crippen LogP contribution is 2.44. The minimum Gasteiger partial charge on any atom is -0.328 e. The maximum atomic E-state index is 14.0. The Morgan fingerprint density at radius 1 is 1.07 bits per heavy atom. The molecule has 2 aromatic carbocycles. The van der Waals surface area contributed by atoms with E-state index in [0.29, 0.717) is 29.5 Å². The molecule has 0 saturated heterocycles. The molecule has 1 aromatic heterocycles. The molecule has 1 aliphatic carbocycles. The van der Waals surface area contributed by atoms with E-state index in [1.54, 1.807) is 11.6 Å². The third kappa shape index (κ3) is 3.03. The molecule has 7 heteroatoms. The first kappa shape index (κ1) is 17.7. The molecule has 0 unspecified atom stereocenters. The third-order valence-corrected chi connectivity index (χ3v) is 5.51. The molecule has 0 bridgehead atoms.